The minimum atomic E-state index is -0.161. The van der Waals surface area contributed by atoms with E-state index >= 15 is 0 Å². The van der Waals surface area contributed by atoms with Crippen LogP contribution >= 0.6 is 0 Å². The van der Waals surface area contributed by atoms with Gasteiger partial charge in [0.1, 0.15) is 18.1 Å². The van der Waals surface area contributed by atoms with Crippen molar-refractivity contribution < 1.29 is 28.2 Å². The maximum atomic E-state index is 13.9. The van der Waals surface area contributed by atoms with Crippen molar-refractivity contribution in [3.63, 3.8) is 0 Å². The van der Waals surface area contributed by atoms with Gasteiger partial charge in [-0.15, -0.1) is 0 Å². The Balaban J connectivity index is 1.36. The maximum Gasteiger partial charge on any atom is 0.254 e. The SMILES string of the molecule is Cc1ccc(CN(Cc2ccc3c(c2)OCO3)C(=O)CN(CCN2CCOCC2)C(=O)c2ccccc2C)o1. The lowest BCUT2D eigenvalue weighted by molar-refractivity contribution is -0.133. The fourth-order valence-electron chi connectivity index (χ4n) is 4.84. The zero-order valence-electron chi connectivity index (χ0n) is 22.6. The molecule has 0 saturated carbocycles. The Kier molecular flexibility index (Phi) is 8.48. The molecule has 0 atom stereocenters. The van der Waals surface area contributed by atoms with Crippen molar-refractivity contribution in [1.82, 2.24) is 14.7 Å². The summed E-state index contributed by atoms with van der Waals surface area (Å²) in [5.41, 5.74) is 2.40. The average Bonchev–Trinajstić information content (AvgIpc) is 3.59. The van der Waals surface area contributed by atoms with Crippen molar-refractivity contribution >= 4 is 11.8 Å². The third kappa shape index (κ3) is 6.79. The van der Waals surface area contributed by atoms with Crippen LogP contribution in [0.4, 0.5) is 0 Å². The van der Waals surface area contributed by atoms with Gasteiger partial charge < -0.3 is 28.4 Å². The number of ether oxygens (including phenoxy) is 3. The number of furan rings is 1. The molecule has 9 nitrogen and oxygen atoms in total. The first kappa shape index (κ1) is 26.8. The zero-order valence-corrected chi connectivity index (χ0v) is 22.6. The third-order valence-electron chi connectivity index (χ3n) is 7.08. The Morgan fingerprint density at radius 1 is 0.897 bits per heavy atom. The zero-order chi connectivity index (χ0) is 27.2. The highest BCUT2D eigenvalue weighted by atomic mass is 16.7. The van der Waals surface area contributed by atoms with E-state index in [0.29, 0.717) is 55.7 Å². The standard InChI is InChI=1S/C30H35N3O6/c1-22-5-3-4-6-26(22)30(35)32(12-11-31-13-15-36-16-14-31)20-29(34)33(19-25-9-7-23(2)39-25)18-24-8-10-27-28(17-24)38-21-37-27/h3-10,17H,11-16,18-21H2,1-2H3. The number of hydrogen-bond acceptors (Lipinski definition) is 7. The summed E-state index contributed by atoms with van der Waals surface area (Å²) in [6.07, 6.45) is 0. The van der Waals surface area contributed by atoms with E-state index in [-0.39, 0.29) is 31.7 Å². The van der Waals surface area contributed by atoms with Crippen LogP contribution in [-0.4, -0.2) is 79.2 Å². The van der Waals surface area contributed by atoms with Crippen LogP contribution in [0.3, 0.4) is 0 Å². The van der Waals surface area contributed by atoms with Gasteiger partial charge in [-0.3, -0.25) is 14.5 Å². The van der Waals surface area contributed by atoms with Crippen molar-refractivity contribution in [3.05, 3.63) is 82.8 Å². The quantitative estimate of drug-likeness (QED) is 0.394. The van der Waals surface area contributed by atoms with E-state index in [1.807, 2.05) is 68.4 Å². The molecule has 2 aromatic carbocycles. The molecule has 2 amide bonds. The number of carbonyl (C=O) groups excluding carboxylic acids is 2. The molecule has 1 aromatic heterocycles. The average molecular weight is 534 g/mol. The summed E-state index contributed by atoms with van der Waals surface area (Å²) in [7, 11) is 0. The van der Waals surface area contributed by atoms with Gasteiger partial charge in [-0.1, -0.05) is 24.3 Å². The summed E-state index contributed by atoms with van der Waals surface area (Å²) in [5.74, 6) is 2.51. The lowest BCUT2D eigenvalue weighted by Crippen LogP contribution is -2.47. The molecule has 0 aliphatic carbocycles. The molecule has 0 N–H and O–H groups in total. The van der Waals surface area contributed by atoms with E-state index in [1.165, 1.54) is 0 Å². The number of fused-ring (bicyclic) bond motifs is 1. The van der Waals surface area contributed by atoms with Gasteiger partial charge in [0, 0.05) is 38.3 Å². The molecule has 3 aromatic rings. The number of rotatable bonds is 10. The summed E-state index contributed by atoms with van der Waals surface area (Å²) in [5, 5.41) is 0. The molecule has 9 heteroatoms. The fraction of sp³-hybridized carbons (Fsp3) is 0.400. The molecule has 2 aliphatic heterocycles. The van der Waals surface area contributed by atoms with Gasteiger partial charge >= 0.3 is 0 Å². The van der Waals surface area contributed by atoms with E-state index in [1.54, 1.807) is 9.80 Å². The maximum absolute atomic E-state index is 13.9. The molecule has 206 valence electrons. The van der Waals surface area contributed by atoms with Crippen LogP contribution in [0.15, 0.2) is 59.0 Å². The summed E-state index contributed by atoms with van der Waals surface area (Å²) in [4.78, 5) is 33.2. The van der Waals surface area contributed by atoms with E-state index in [4.69, 9.17) is 18.6 Å². The van der Waals surface area contributed by atoms with Gasteiger partial charge in [0.15, 0.2) is 11.5 Å². The van der Waals surface area contributed by atoms with Crippen LogP contribution in [0.5, 0.6) is 11.5 Å². The van der Waals surface area contributed by atoms with E-state index in [9.17, 15) is 9.59 Å². The van der Waals surface area contributed by atoms with Gasteiger partial charge in [-0.25, -0.2) is 0 Å². The van der Waals surface area contributed by atoms with Crippen LogP contribution in [-0.2, 0) is 22.6 Å². The smallest absolute Gasteiger partial charge is 0.254 e. The molecule has 3 heterocycles. The molecule has 2 aliphatic rings. The monoisotopic (exact) mass is 533 g/mol. The third-order valence-corrected chi connectivity index (χ3v) is 7.08. The molecular formula is C30H35N3O6. The highest BCUT2D eigenvalue weighted by Gasteiger charge is 2.26. The first-order chi connectivity index (χ1) is 19.0. The van der Waals surface area contributed by atoms with Crippen molar-refractivity contribution in [2.45, 2.75) is 26.9 Å². The number of nitrogens with zero attached hydrogens (tertiary/aromatic N) is 3. The highest BCUT2D eigenvalue weighted by Crippen LogP contribution is 2.33. The summed E-state index contributed by atoms with van der Waals surface area (Å²) < 4.78 is 22.2. The van der Waals surface area contributed by atoms with Crippen LogP contribution in [0.25, 0.3) is 0 Å². The first-order valence-electron chi connectivity index (χ1n) is 13.3. The number of carbonyl (C=O) groups is 2. The summed E-state index contributed by atoms with van der Waals surface area (Å²) >= 11 is 0. The number of amides is 2. The second-order valence-electron chi connectivity index (χ2n) is 9.95. The minimum Gasteiger partial charge on any atom is -0.464 e. The molecule has 1 fully saturated rings. The molecule has 0 unspecified atom stereocenters. The van der Waals surface area contributed by atoms with Crippen molar-refractivity contribution in [1.29, 1.82) is 0 Å². The molecule has 5 rings (SSSR count). The molecule has 0 spiro atoms. The largest absolute Gasteiger partial charge is 0.464 e. The van der Waals surface area contributed by atoms with Gasteiger partial charge in [0.2, 0.25) is 12.7 Å². The van der Waals surface area contributed by atoms with Gasteiger partial charge in [-0.2, -0.15) is 0 Å². The highest BCUT2D eigenvalue weighted by molar-refractivity contribution is 5.97. The normalized spacial score (nSPS) is 14.8. The molecular weight excluding hydrogens is 498 g/mol. The topological polar surface area (TPSA) is 84.7 Å². The van der Waals surface area contributed by atoms with Gasteiger partial charge in [-0.05, 0) is 55.3 Å². The Hall–Kier alpha value is -3.82. The predicted octanol–water partition coefficient (Wildman–Crippen LogP) is 3.63. The Morgan fingerprint density at radius 3 is 2.46 bits per heavy atom. The van der Waals surface area contributed by atoms with E-state index in [0.717, 1.165) is 30.0 Å². The van der Waals surface area contributed by atoms with Crippen LogP contribution in [0.1, 0.15) is 33.0 Å². The van der Waals surface area contributed by atoms with Crippen LogP contribution < -0.4 is 9.47 Å². The van der Waals surface area contributed by atoms with E-state index in [2.05, 4.69) is 4.90 Å². The Morgan fingerprint density at radius 2 is 1.69 bits per heavy atom. The molecule has 0 radical (unpaired) electrons. The number of benzene rings is 2. The van der Waals surface area contributed by atoms with Crippen molar-refractivity contribution in [3.8, 4) is 11.5 Å². The molecule has 0 bridgehead atoms. The lowest BCUT2D eigenvalue weighted by atomic mass is 10.1. The number of hydrogen-bond donors (Lipinski definition) is 0. The van der Waals surface area contributed by atoms with Crippen molar-refractivity contribution in [2.24, 2.45) is 0 Å². The second kappa shape index (κ2) is 12.4. The minimum absolute atomic E-state index is 0.0399. The number of aryl methyl sites for hydroxylation is 2. The summed E-state index contributed by atoms with van der Waals surface area (Å²) in [6, 6.07) is 16.9. The van der Waals surface area contributed by atoms with Crippen LogP contribution in [0.2, 0.25) is 0 Å². The Bertz CT molecular complexity index is 1300. The first-order valence-corrected chi connectivity index (χ1v) is 13.3. The fourth-order valence-corrected chi connectivity index (χ4v) is 4.84. The second-order valence-corrected chi connectivity index (χ2v) is 9.95. The lowest BCUT2D eigenvalue weighted by Gasteiger charge is -2.31. The van der Waals surface area contributed by atoms with Gasteiger partial charge in [0.05, 0.1) is 19.8 Å². The van der Waals surface area contributed by atoms with Crippen LogP contribution in [0, 0.1) is 13.8 Å². The molecule has 39 heavy (non-hydrogen) atoms. The number of morpholine rings is 1. The van der Waals surface area contributed by atoms with Crippen molar-refractivity contribution in [2.75, 3.05) is 52.7 Å². The predicted molar refractivity (Wildman–Crippen MR) is 145 cm³/mol. The Labute approximate surface area is 228 Å². The van der Waals surface area contributed by atoms with E-state index < -0.39 is 0 Å². The van der Waals surface area contributed by atoms with Gasteiger partial charge in [0.25, 0.3) is 5.91 Å². The summed E-state index contributed by atoms with van der Waals surface area (Å²) in [6.45, 7) is 8.67. The molecule has 1 saturated heterocycles.